The number of aliphatic imine (C=N–C) groups is 1. The maximum Gasteiger partial charge on any atom is 0.124 e. The molecular formula is C28H35N5O. The summed E-state index contributed by atoms with van der Waals surface area (Å²) >= 11 is 0. The smallest absolute Gasteiger partial charge is 0.124 e. The van der Waals surface area contributed by atoms with Crippen LogP contribution in [-0.4, -0.2) is 22.8 Å². The summed E-state index contributed by atoms with van der Waals surface area (Å²) in [5.41, 5.74) is 14.2. The summed E-state index contributed by atoms with van der Waals surface area (Å²) in [6.07, 6.45) is 0. The van der Waals surface area contributed by atoms with Crippen molar-refractivity contribution in [2.45, 2.75) is 47.7 Å². The molecular weight excluding hydrogens is 422 g/mol. The molecule has 2 aromatic carbocycles. The van der Waals surface area contributed by atoms with Gasteiger partial charge in [0.2, 0.25) is 0 Å². The molecule has 0 bridgehead atoms. The minimum absolute atomic E-state index is 0.493. The number of aromatic amines is 1. The van der Waals surface area contributed by atoms with E-state index in [1.54, 1.807) is 7.11 Å². The van der Waals surface area contributed by atoms with E-state index >= 15 is 0 Å². The first-order chi connectivity index (χ1) is 16.4. The lowest BCUT2D eigenvalue weighted by atomic mass is 10.1. The van der Waals surface area contributed by atoms with Crippen LogP contribution < -0.4 is 15.8 Å². The van der Waals surface area contributed by atoms with E-state index in [1.807, 2.05) is 52.8 Å². The van der Waals surface area contributed by atoms with Crippen molar-refractivity contribution in [2.75, 3.05) is 12.8 Å². The fourth-order valence-electron chi connectivity index (χ4n) is 3.79. The van der Waals surface area contributed by atoms with Crippen LogP contribution in [0.5, 0.6) is 5.75 Å². The van der Waals surface area contributed by atoms with Gasteiger partial charge in [-0.1, -0.05) is 32.0 Å². The largest absolute Gasteiger partial charge is 0.497 e. The number of hydrogen-bond acceptors (Lipinski definition) is 5. The first-order valence-electron chi connectivity index (χ1n) is 11.7. The van der Waals surface area contributed by atoms with Gasteiger partial charge in [-0.3, -0.25) is 4.99 Å². The second-order valence-corrected chi connectivity index (χ2v) is 8.14. The SMILES string of the molecule is CC.COc1ccc(CNCc2ccc3[nH]c(-c4cc(N)nc(C)c4N=C(C)C)cc3c2)cc1. The molecule has 0 saturated carbocycles. The molecule has 0 fully saturated rings. The van der Waals surface area contributed by atoms with Gasteiger partial charge < -0.3 is 20.8 Å². The van der Waals surface area contributed by atoms with Gasteiger partial charge >= 0.3 is 0 Å². The van der Waals surface area contributed by atoms with Gasteiger partial charge in [0.1, 0.15) is 11.6 Å². The predicted molar refractivity (Wildman–Crippen MR) is 144 cm³/mol. The van der Waals surface area contributed by atoms with Gasteiger partial charge in [0.25, 0.3) is 0 Å². The lowest BCUT2D eigenvalue weighted by molar-refractivity contribution is 0.414. The average molecular weight is 458 g/mol. The number of nitrogens with one attached hydrogen (secondary N) is 2. The number of anilines is 1. The fraction of sp³-hybridized carbons (Fsp3) is 0.286. The zero-order valence-electron chi connectivity index (χ0n) is 21.0. The molecule has 2 aromatic heterocycles. The number of aromatic nitrogens is 2. The van der Waals surface area contributed by atoms with Crippen LogP contribution in [-0.2, 0) is 13.1 Å². The van der Waals surface area contributed by atoms with Crippen molar-refractivity contribution in [3.63, 3.8) is 0 Å². The van der Waals surface area contributed by atoms with Gasteiger partial charge in [0, 0.05) is 41.0 Å². The van der Waals surface area contributed by atoms with E-state index in [0.29, 0.717) is 5.82 Å². The highest BCUT2D eigenvalue weighted by Crippen LogP contribution is 2.35. The highest BCUT2D eigenvalue weighted by Gasteiger charge is 2.13. The van der Waals surface area contributed by atoms with Crippen molar-refractivity contribution in [2.24, 2.45) is 4.99 Å². The Hall–Kier alpha value is -3.64. The number of ether oxygens (including phenoxy) is 1. The molecule has 0 atom stereocenters. The zero-order valence-corrected chi connectivity index (χ0v) is 21.0. The zero-order chi connectivity index (χ0) is 24.7. The van der Waals surface area contributed by atoms with Gasteiger partial charge in [-0.25, -0.2) is 4.98 Å². The lowest BCUT2D eigenvalue weighted by Crippen LogP contribution is -2.12. The van der Waals surface area contributed by atoms with Gasteiger partial charge in [0.05, 0.1) is 18.5 Å². The van der Waals surface area contributed by atoms with Gasteiger partial charge in [-0.05, 0) is 68.3 Å². The van der Waals surface area contributed by atoms with Crippen molar-refractivity contribution in [1.29, 1.82) is 0 Å². The van der Waals surface area contributed by atoms with Crippen LogP contribution in [0.4, 0.5) is 11.5 Å². The van der Waals surface area contributed by atoms with Crippen molar-refractivity contribution in [3.8, 4) is 17.0 Å². The van der Waals surface area contributed by atoms with Crippen LogP contribution in [0, 0.1) is 6.92 Å². The number of H-pyrrole nitrogens is 1. The lowest BCUT2D eigenvalue weighted by Gasteiger charge is -2.09. The molecule has 0 spiro atoms. The Bertz CT molecular complexity index is 1270. The topological polar surface area (TPSA) is 88.3 Å². The molecule has 6 nitrogen and oxygen atoms in total. The molecule has 178 valence electrons. The van der Waals surface area contributed by atoms with Crippen molar-refractivity contribution in [1.82, 2.24) is 15.3 Å². The second-order valence-electron chi connectivity index (χ2n) is 8.14. The molecule has 4 N–H and O–H groups in total. The number of nitrogens with two attached hydrogens (primary N) is 1. The van der Waals surface area contributed by atoms with E-state index in [9.17, 15) is 0 Å². The number of rotatable bonds is 7. The number of benzene rings is 2. The molecule has 6 heteroatoms. The summed E-state index contributed by atoms with van der Waals surface area (Å²) in [6.45, 7) is 11.5. The standard InChI is InChI=1S/C26H29N5O.C2H6/c1-16(2)29-26-17(3)30-25(27)13-22(26)24-12-20-11-19(7-10-23(20)31-24)15-28-14-18-5-8-21(32-4)9-6-18;1-2/h5-13,28,31H,14-15H2,1-4H3,(H2,27,30);1-2H3. The minimum Gasteiger partial charge on any atom is -0.497 e. The number of pyridine rings is 1. The molecule has 4 aromatic rings. The molecule has 0 amide bonds. The van der Waals surface area contributed by atoms with Crippen molar-refractivity contribution < 1.29 is 4.74 Å². The molecule has 0 unspecified atom stereocenters. The second kappa shape index (κ2) is 11.5. The van der Waals surface area contributed by atoms with Crippen LogP contribution in [0.1, 0.15) is 44.5 Å². The Balaban J connectivity index is 0.00000158. The molecule has 0 radical (unpaired) electrons. The third-order valence-electron chi connectivity index (χ3n) is 5.31. The number of aryl methyl sites for hydroxylation is 1. The molecule has 0 saturated heterocycles. The Labute approximate surface area is 202 Å². The van der Waals surface area contributed by atoms with Crippen LogP contribution in [0.3, 0.4) is 0 Å². The summed E-state index contributed by atoms with van der Waals surface area (Å²) in [6, 6.07) is 18.6. The van der Waals surface area contributed by atoms with E-state index < -0.39 is 0 Å². The highest BCUT2D eigenvalue weighted by molar-refractivity contribution is 5.92. The maximum atomic E-state index is 6.05. The number of nitrogen functional groups attached to an aromatic ring is 1. The highest BCUT2D eigenvalue weighted by atomic mass is 16.5. The van der Waals surface area contributed by atoms with Gasteiger partial charge in [-0.15, -0.1) is 0 Å². The Morgan fingerprint density at radius 3 is 2.35 bits per heavy atom. The molecule has 2 heterocycles. The number of hydrogen-bond donors (Lipinski definition) is 3. The molecule has 34 heavy (non-hydrogen) atoms. The monoisotopic (exact) mass is 457 g/mol. The summed E-state index contributed by atoms with van der Waals surface area (Å²) in [7, 11) is 1.68. The van der Waals surface area contributed by atoms with E-state index in [-0.39, 0.29) is 0 Å². The van der Waals surface area contributed by atoms with Gasteiger partial charge in [0.15, 0.2) is 0 Å². The number of nitrogens with zero attached hydrogens (tertiary/aromatic N) is 2. The Kier molecular flexibility index (Phi) is 8.44. The molecule has 4 rings (SSSR count). The average Bonchev–Trinajstić information content (AvgIpc) is 3.25. The number of fused-ring (bicyclic) bond motifs is 1. The Morgan fingerprint density at radius 1 is 1.00 bits per heavy atom. The van der Waals surface area contributed by atoms with Crippen molar-refractivity contribution in [3.05, 3.63) is 71.4 Å². The van der Waals surface area contributed by atoms with E-state index in [0.717, 1.165) is 58.1 Å². The van der Waals surface area contributed by atoms with E-state index in [1.165, 1.54) is 11.1 Å². The van der Waals surface area contributed by atoms with Crippen molar-refractivity contribution >= 4 is 28.1 Å². The summed E-state index contributed by atoms with van der Waals surface area (Å²) in [5.74, 6) is 1.36. The van der Waals surface area contributed by atoms with E-state index in [4.69, 9.17) is 15.5 Å². The summed E-state index contributed by atoms with van der Waals surface area (Å²) in [4.78, 5) is 12.6. The normalized spacial score (nSPS) is 10.5. The Morgan fingerprint density at radius 2 is 1.68 bits per heavy atom. The molecule has 0 aliphatic carbocycles. The third-order valence-corrected chi connectivity index (χ3v) is 5.31. The first-order valence-corrected chi connectivity index (χ1v) is 11.7. The summed E-state index contributed by atoms with van der Waals surface area (Å²) in [5, 5.41) is 4.66. The van der Waals surface area contributed by atoms with Crippen LogP contribution in [0.2, 0.25) is 0 Å². The molecule has 0 aliphatic rings. The van der Waals surface area contributed by atoms with E-state index in [2.05, 4.69) is 51.7 Å². The number of methoxy groups -OCH3 is 1. The fourth-order valence-corrected chi connectivity index (χ4v) is 3.79. The van der Waals surface area contributed by atoms with Crippen LogP contribution in [0.25, 0.3) is 22.2 Å². The van der Waals surface area contributed by atoms with Gasteiger partial charge in [-0.2, -0.15) is 0 Å². The van der Waals surface area contributed by atoms with Crippen LogP contribution >= 0.6 is 0 Å². The quantitative estimate of drug-likeness (QED) is 0.274. The molecule has 0 aliphatic heterocycles. The summed E-state index contributed by atoms with van der Waals surface area (Å²) < 4.78 is 5.22. The first kappa shape index (κ1) is 25.0. The van der Waals surface area contributed by atoms with Crippen LogP contribution in [0.15, 0.2) is 59.6 Å². The minimum atomic E-state index is 0.493. The predicted octanol–water partition coefficient (Wildman–Crippen LogP) is 6.56. The maximum absolute atomic E-state index is 6.05. The third kappa shape index (κ3) is 6.02.